The van der Waals surface area contributed by atoms with Crippen LogP contribution in [0.1, 0.15) is 11.1 Å². The van der Waals surface area contributed by atoms with Gasteiger partial charge in [-0.3, -0.25) is 9.10 Å². The highest BCUT2D eigenvalue weighted by Gasteiger charge is 2.30. The number of carbonyl (C=O) groups is 1. The fourth-order valence-electron chi connectivity index (χ4n) is 3.57. The number of benzene rings is 3. The number of hydrogen-bond donors (Lipinski definition) is 0. The van der Waals surface area contributed by atoms with Crippen molar-refractivity contribution in [3.63, 3.8) is 0 Å². The molecule has 0 bridgehead atoms. The molecule has 4 rings (SSSR count). The Labute approximate surface area is 190 Å². The van der Waals surface area contributed by atoms with Crippen molar-refractivity contribution in [2.45, 2.75) is 17.9 Å². The first kappa shape index (κ1) is 20.9. The van der Waals surface area contributed by atoms with E-state index >= 15 is 0 Å². The average Bonchev–Trinajstić information content (AvgIpc) is 2.78. The summed E-state index contributed by atoms with van der Waals surface area (Å²) in [6, 6.07) is 23.5. The quantitative estimate of drug-likeness (QED) is 0.466. The molecule has 7 heteroatoms. The van der Waals surface area contributed by atoms with E-state index in [9.17, 15) is 13.2 Å². The molecule has 30 heavy (non-hydrogen) atoms. The summed E-state index contributed by atoms with van der Waals surface area (Å²) in [4.78, 5) is 15.1. The molecular formula is C23H21IN2O3S. The molecule has 1 heterocycles. The molecule has 1 aliphatic heterocycles. The average molecular weight is 532 g/mol. The summed E-state index contributed by atoms with van der Waals surface area (Å²) in [6.07, 6.45) is 0.775. The lowest BCUT2D eigenvalue weighted by molar-refractivity contribution is -0.130. The Balaban J connectivity index is 1.64. The van der Waals surface area contributed by atoms with Gasteiger partial charge in [-0.15, -0.1) is 0 Å². The van der Waals surface area contributed by atoms with Crippen LogP contribution in [0.2, 0.25) is 0 Å². The Kier molecular flexibility index (Phi) is 6.10. The zero-order valence-electron chi connectivity index (χ0n) is 16.2. The zero-order chi connectivity index (χ0) is 21.1. The summed E-state index contributed by atoms with van der Waals surface area (Å²) < 4.78 is 29.0. The fraction of sp³-hybridized carbons (Fsp3) is 0.174. The van der Waals surface area contributed by atoms with Crippen molar-refractivity contribution >= 4 is 44.2 Å². The van der Waals surface area contributed by atoms with Gasteiger partial charge in [0.15, 0.2) is 0 Å². The largest absolute Gasteiger partial charge is 0.336 e. The van der Waals surface area contributed by atoms with E-state index in [1.165, 1.54) is 9.87 Å². The van der Waals surface area contributed by atoms with Crippen LogP contribution in [0.3, 0.4) is 0 Å². The van der Waals surface area contributed by atoms with Gasteiger partial charge < -0.3 is 4.90 Å². The predicted octanol–water partition coefficient (Wildman–Crippen LogP) is 4.07. The summed E-state index contributed by atoms with van der Waals surface area (Å²) >= 11 is 2.17. The highest BCUT2D eigenvalue weighted by atomic mass is 127. The first-order valence-corrected chi connectivity index (χ1v) is 12.1. The van der Waals surface area contributed by atoms with Crippen molar-refractivity contribution in [1.82, 2.24) is 4.90 Å². The summed E-state index contributed by atoms with van der Waals surface area (Å²) in [7, 11) is -3.88. The molecule has 0 fully saturated rings. The van der Waals surface area contributed by atoms with Crippen molar-refractivity contribution in [1.29, 1.82) is 0 Å². The lowest BCUT2D eigenvalue weighted by Crippen LogP contribution is -2.44. The minimum atomic E-state index is -3.88. The lowest BCUT2D eigenvalue weighted by Gasteiger charge is -2.31. The molecular weight excluding hydrogens is 511 g/mol. The van der Waals surface area contributed by atoms with Crippen LogP contribution in [0, 0.1) is 3.57 Å². The zero-order valence-corrected chi connectivity index (χ0v) is 19.2. The van der Waals surface area contributed by atoms with Crippen LogP contribution in [0.4, 0.5) is 5.69 Å². The third-order valence-electron chi connectivity index (χ3n) is 5.21. The number of carbonyl (C=O) groups excluding carboxylic acids is 1. The van der Waals surface area contributed by atoms with Crippen LogP contribution < -0.4 is 4.31 Å². The Morgan fingerprint density at radius 3 is 2.23 bits per heavy atom. The molecule has 3 aromatic carbocycles. The maximum Gasteiger partial charge on any atom is 0.264 e. The molecule has 1 amide bonds. The minimum Gasteiger partial charge on any atom is -0.336 e. The van der Waals surface area contributed by atoms with E-state index in [2.05, 4.69) is 28.7 Å². The number of halogens is 1. The van der Waals surface area contributed by atoms with Crippen molar-refractivity contribution in [3.05, 3.63) is 93.6 Å². The molecule has 0 spiro atoms. The van der Waals surface area contributed by atoms with Gasteiger partial charge in [0, 0.05) is 16.7 Å². The van der Waals surface area contributed by atoms with Gasteiger partial charge in [0.1, 0.15) is 6.54 Å². The normalized spacial score (nSPS) is 13.6. The second kappa shape index (κ2) is 8.77. The molecule has 0 aromatic heterocycles. The third kappa shape index (κ3) is 4.37. The van der Waals surface area contributed by atoms with Gasteiger partial charge in [-0.05, 0) is 76.5 Å². The van der Waals surface area contributed by atoms with Gasteiger partial charge in [0.2, 0.25) is 5.91 Å². The number of nitrogens with zero attached hydrogens (tertiary/aromatic N) is 2. The maximum atomic E-state index is 13.4. The Bertz CT molecular complexity index is 1150. The Morgan fingerprint density at radius 2 is 1.53 bits per heavy atom. The van der Waals surface area contributed by atoms with Gasteiger partial charge in [0.05, 0.1) is 10.6 Å². The molecule has 0 N–H and O–H groups in total. The number of sulfonamides is 1. The molecule has 0 unspecified atom stereocenters. The molecule has 0 atom stereocenters. The van der Waals surface area contributed by atoms with Gasteiger partial charge in [-0.1, -0.05) is 42.5 Å². The molecule has 3 aromatic rings. The SMILES string of the molecule is O=C(CN(c1ccc(I)cc1)S(=O)(=O)c1ccccc1)N1CCc2ccccc2C1. The van der Waals surface area contributed by atoms with Gasteiger partial charge in [0.25, 0.3) is 10.0 Å². The predicted molar refractivity (Wildman–Crippen MR) is 126 cm³/mol. The standard InChI is InChI=1S/C23H21IN2O3S/c24-20-10-12-21(13-11-20)26(30(28,29)22-8-2-1-3-9-22)17-23(27)25-15-14-18-6-4-5-7-19(18)16-25/h1-13H,14-17H2. The second-order valence-corrected chi connectivity index (χ2v) is 10.2. The van der Waals surface area contributed by atoms with Crippen LogP contribution in [0.5, 0.6) is 0 Å². The van der Waals surface area contributed by atoms with Gasteiger partial charge >= 0.3 is 0 Å². The van der Waals surface area contributed by atoms with Crippen molar-refractivity contribution in [2.75, 3.05) is 17.4 Å². The van der Waals surface area contributed by atoms with Crippen LogP contribution in [0.25, 0.3) is 0 Å². The van der Waals surface area contributed by atoms with Crippen LogP contribution in [0.15, 0.2) is 83.8 Å². The molecule has 0 saturated carbocycles. The van der Waals surface area contributed by atoms with E-state index in [1.54, 1.807) is 47.4 Å². The maximum absolute atomic E-state index is 13.4. The van der Waals surface area contributed by atoms with Crippen LogP contribution >= 0.6 is 22.6 Å². The summed E-state index contributed by atoms with van der Waals surface area (Å²) in [5.41, 5.74) is 2.84. The fourth-order valence-corrected chi connectivity index (χ4v) is 5.37. The van der Waals surface area contributed by atoms with E-state index in [4.69, 9.17) is 0 Å². The van der Waals surface area contributed by atoms with Crippen molar-refractivity contribution < 1.29 is 13.2 Å². The minimum absolute atomic E-state index is 0.167. The topological polar surface area (TPSA) is 57.7 Å². The summed E-state index contributed by atoms with van der Waals surface area (Å²) in [5.74, 6) is -0.206. The van der Waals surface area contributed by atoms with E-state index in [0.717, 1.165) is 15.6 Å². The summed E-state index contributed by atoms with van der Waals surface area (Å²) in [5, 5.41) is 0. The number of rotatable bonds is 5. The van der Waals surface area contributed by atoms with Crippen molar-refractivity contribution in [2.24, 2.45) is 0 Å². The Hall–Kier alpha value is -2.39. The van der Waals surface area contributed by atoms with Gasteiger partial charge in [-0.25, -0.2) is 8.42 Å². The van der Waals surface area contributed by atoms with E-state index in [1.807, 2.05) is 30.3 Å². The van der Waals surface area contributed by atoms with Crippen molar-refractivity contribution in [3.8, 4) is 0 Å². The highest BCUT2D eigenvalue weighted by molar-refractivity contribution is 14.1. The van der Waals surface area contributed by atoms with E-state index < -0.39 is 10.0 Å². The molecule has 0 aliphatic carbocycles. The molecule has 5 nitrogen and oxygen atoms in total. The smallest absolute Gasteiger partial charge is 0.264 e. The van der Waals surface area contributed by atoms with Crippen LogP contribution in [-0.2, 0) is 27.8 Å². The van der Waals surface area contributed by atoms with Gasteiger partial charge in [-0.2, -0.15) is 0 Å². The van der Waals surface area contributed by atoms with E-state index in [0.29, 0.717) is 18.8 Å². The first-order valence-electron chi connectivity index (χ1n) is 9.63. The summed E-state index contributed by atoms with van der Waals surface area (Å²) in [6.45, 7) is 0.850. The third-order valence-corrected chi connectivity index (χ3v) is 7.72. The number of amides is 1. The number of anilines is 1. The lowest BCUT2D eigenvalue weighted by atomic mass is 10.00. The van der Waals surface area contributed by atoms with E-state index in [-0.39, 0.29) is 17.3 Å². The molecule has 0 saturated heterocycles. The highest BCUT2D eigenvalue weighted by Crippen LogP contribution is 2.26. The number of hydrogen-bond acceptors (Lipinski definition) is 3. The molecule has 0 radical (unpaired) electrons. The monoisotopic (exact) mass is 532 g/mol. The first-order chi connectivity index (χ1) is 14.4. The number of fused-ring (bicyclic) bond motifs is 1. The second-order valence-electron chi connectivity index (χ2n) is 7.14. The molecule has 1 aliphatic rings. The van der Waals surface area contributed by atoms with Crippen LogP contribution in [-0.4, -0.2) is 32.3 Å². The Morgan fingerprint density at radius 1 is 0.900 bits per heavy atom. The molecule has 154 valence electrons.